The van der Waals surface area contributed by atoms with Crippen molar-refractivity contribution >= 4 is 11.6 Å². The van der Waals surface area contributed by atoms with Crippen molar-refractivity contribution in [2.45, 2.75) is 51.6 Å². The van der Waals surface area contributed by atoms with Crippen LogP contribution in [0.2, 0.25) is 0 Å². The largest absolute Gasteiger partial charge is 0.494 e. The van der Waals surface area contributed by atoms with E-state index in [2.05, 4.69) is 12.2 Å². The standard InChI is InChI=1S/C25H34N2O3/c1-4-5-6-7-10-17-30-21-13-11-12-20(19-21)25(2)26-23-15-9-8-14-22(23)24(28)27(25)16-18-29-3/h8-9,11-15,19,26H,4-7,10,16-18H2,1-3H3. The molecule has 0 saturated carbocycles. The molecule has 1 aliphatic rings. The molecule has 1 amide bonds. The van der Waals surface area contributed by atoms with Gasteiger partial charge >= 0.3 is 0 Å². The third kappa shape index (κ3) is 4.96. The molecule has 5 nitrogen and oxygen atoms in total. The topological polar surface area (TPSA) is 50.8 Å². The molecule has 0 saturated heterocycles. The number of nitrogens with one attached hydrogen (secondary N) is 1. The molecule has 1 unspecified atom stereocenters. The van der Waals surface area contributed by atoms with E-state index in [-0.39, 0.29) is 5.91 Å². The molecular weight excluding hydrogens is 376 g/mol. The number of unbranched alkanes of at least 4 members (excludes halogenated alkanes) is 4. The van der Waals surface area contributed by atoms with Crippen LogP contribution in [-0.4, -0.2) is 37.7 Å². The SMILES string of the molecule is CCCCCCCOc1cccc(C2(C)Nc3ccccc3C(=O)N2CCOC)c1. The molecule has 0 fully saturated rings. The van der Waals surface area contributed by atoms with Crippen molar-refractivity contribution < 1.29 is 14.3 Å². The lowest BCUT2D eigenvalue weighted by Gasteiger charge is -2.46. The molecule has 0 bridgehead atoms. The number of anilines is 1. The Morgan fingerprint density at radius 2 is 1.80 bits per heavy atom. The van der Waals surface area contributed by atoms with Crippen LogP contribution in [0, 0.1) is 0 Å². The molecule has 1 heterocycles. The van der Waals surface area contributed by atoms with E-state index in [1.165, 1.54) is 25.7 Å². The van der Waals surface area contributed by atoms with Crippen LogP contribution in [0.5, 0.6) is 5.75 Å². The number of carbonyl (C=O) groups is 1. The van der Waals surface area contributed by atoms with Crippen LogP contribution in [0.25, 0.3) is 0 Å². The van der Waals surface area contributed by atoms with E-state index < -0.39 is 5.66 Å². The van der Waals surface area contributed by atoms with Crippen LogP contribution < -0.4 is 10.1 Å². The fraction of sp³-hybridized carbons (Fsp3) is 0.480. The van der Waals surface area contributed by atoms with Gasteiger partial charge in [0.25, 0.3) is 5.91 Å². The van der Waals surface area contributed by atoms with Gasteiger partial charge in [0.05, 0.1) is 18.8 Å². The highest BCUT2D eigenvalue weighted by molar-refractivity contribution is 6.02. The first-order valence-electron chi connectivity index (χ1n) is 11.0. The lowest BCUT2D eigenvalue weighted by Crippen LogP contribution is -2.56. The summed E-state index contributed by atoms with van der Waals surface area (Å²) in [5, 5.41) is 3.59. The molecule has 30 heavy (non-hydrogen) atoms. The van der Waals surface area contributed by atoms with Crippen molar-refractivity contribution in [2.24, 2.45) is 0 Å². The van der Waals surface area contributed by atoms with Crippen molar-refractivity contribution in [3.05, 3.63) is 59.7 Å². The third-order valence-corrected chi connectivity index (χ3v) is 5.75. The summed E-state index contributed by atoms with van der Waals surface area (Å²) < 4.78 is 11.3. The van der Waals surface area contributed by atoms with Crippen LogP contribution in [0.1, 0.15) is 61.9 Å². The van der Waals surface area contributed by atoms with Crippen molar-refractivity contribution in [3.8, 4) is 5.75 Å². The fourth-order valence-corrected chi connectivity index (χ4v) is 3.98. The highest BCUT2D eigenvalue weighted by atomic mass is 16.5. The summed E-state index contributed by atoms with van der Waals surface area (Å²) in [5.74, 6) is 0.843. The summed E-state index contributed by atoms with van der Waals surface area (Å²) >= 11 is 0. The minimum atomic E-state index is -0.690. The van der Waals surface area contributed by atoms with Gasteiger partial charge in [-0.25, -0.2) is 0 Å². The molecular formula is C25H34N2O3. The molecule has 0 aromatic heterocycles. The predicted octanol–water partition coefficient (Wildman–Crippen LogP) is 5.42. The Balaban J connectivity index is 1.80. The summed E-state index contributed by atoms with van der Waals surface area (Å²) in [6.45, 7) is 5.95. The van der Waals surface area contributed by atoms with Crippen molar-refractivity contribution in [2.75, 3.05) is 32.2 Å². The Morgan fingerprint density at radius 1 is 1.00 bits per heavy atom. The second kappa shape index (κ2) is 10.5. The fourth-order valence-electron chi connectivity index (χ4n) is 3.98. The van der Waals surface area contributed by atoms with Crippen molar-refractivity contribution in [1.29, 1.82) is 0 Å². The second-order valence-electron chi connectivity index (χ2n) is 7.98. The molecule has 0 spiro atoms. The van der Waals surface area contributed by atoms with Crippen LogP contribution in [0.4, 0.5) is 5.69 Å². The van der Waals surface area contributed by atoms with Gasteiger partial charge in [-0.3, -0.25) is 4.79 Å². The number of hydrogen-bond donors (Lipinski definition) is 1. The first kappa shape index (κ1) is 22.2. The zero-order valence-corrected chi connectivity index (χ0v) is 18.4. The van der Waals surface area contributed by atoms with E-state index in [4.69, 9.17) is 9.47 Å². The second-order valence-corrected chi connectivity index (χ2v) is 7.98. The third-order valence-electron chi connectivity index (χ3n) is 5.75. The number of carbonyl (C=O) groups excluding carboxylic acids is 1. The molecule has 5 heteroatoms. The van der Waals surface area contributed by atoms with E-state index in [0.29, 0.717) is 25.3 Å². The molecule has 3 rings (SSSR count). The lowest BCUT2D eigenvalue weighted by molar-refractivity contribution is 0.0437. The van der Waals surface area contributed by atoms with Gasteiger partial charge in [0.1, 0.15) is 11.4 Å². The number of nitrogens with zero attached hydrogens (tertiary/aromatic N) is 1. The van der Waals surface area contributed by atoms with Crippen molar-refractivity contribution in [3.63, 3.8) is 0 Å². The number of ether oxygens (including phenoxy) is 2. The number of benzene rings is 2. The van der Waals surface area contributed by atoms with Gasteiger partial charge in [-0.05, 0) is 37.6 Å². The molecule has 2 aromatic rings. The average molecular weight is 411 g/mol. The summed E-state index contributed by atoms with van der Waals surface area (Å²) in [7, 11) is 1.65. The number of rotatable bonds is 11. The minimum Gasteiger partial charge on any atom is -0.494 e. The van der Waals surface area contributed by atoms with E-state index in [1.807, 2.05) is 60.4 Å². The molecule has 162 valence electrons. The zero-order valence-electron chi connectivity index (χ0n) is 18.4. The number of fused-ring (bicyclic) bond motifs is 1. The van der Waals surface area contributed by atoms with Gasteiger partial charge in [0.2, 0.25) is 0 Å². The van der Waals surface area contributed by atoms with Crippen LogP contribution in [-0.2, 0) is 10.4 Å². The zero-order chi connectivity index (χ0) is 21.4. The van der Waals surface area contributed by atoms with Crippen molar-refractivity contribution in [1.82, 2.24) is 4.90 Å². The molecule has 1 N–H and O–H groups in total. The van der Waals surface area contributed by atoms with Gasteiger partial charge in [-0.15, -0.1) is 0 Å². The Hall–Kier alpha value is -2.53. The van der Waals surface area contributed by atoms with Crippen LogP contribution >= 0.6 is 0 Å². The first-order valence-corrected chi connectivity index (χ1v) is 11.0. The Morgan fingerprint density at radius 3 is 2.60 bits per heavy atom. The monoisotopic (exact) mass is 410 g/mol. The smallest absolute Gasteiger partial charge is 0.258 e. The van der Waals surface area contributed by atoms with Gasteiger partial charge in [0, 0.05) is 24.9 Å². The normalized spacial score (nSPS) is 18.1. The van der Waals surface area contributed by atoms with E-state index >= 15 is 0 Å². The Labute approximate surface area is 180 Å². The van der Waals surface area contributed by atoms with E-state index in [1.54, 1.807) is 7.11 Å². The molecule has 1 aliphatic heterocycles. The van der Waals surface area contributed by atoms with Gasteiger partial charge in [-0.2, -0.15) is 0 Å². The number of amides is 1. The maximum atomic E-state index is 13.3. The quantitative estimate of drug-likeness (QED) is 0.502. The first-order chi connectivity index (χ1) is 14.6. The minimum absolute atomic E-state index is 0.00569. The summed E-state index contributed by atoms with van der Waals surface area (Å²) in [4.78, 5) is 15.1. The van der Waals surface area contributed by atoms with E-state index in [0.717, 1.165) is 23.4 Å². The Bertz CT molecular complexity index is 839. The van der Waals surface area contributed by atoms with E-state index in [9.17, 15) is 4.79 Å². The van der Waals surface area contributed by atoms with Gasteiger partial charge < -0.3 is 19.7 Å². The molecule has 2 aromatic carbocycles. The van der Waals surface area contributed by atoms with Gasteiger partial charge in [-0.1, -0.05) is 56.9 Å². The maximum Gasteiger partial charge on any atom is 0.258 e. The van der Waals surface area contributed by atoms with Crippen LogP contribution in [0.15, 0.2) is 48.5 Å². The highest BCUT2D eigenvalue weighted by Gasteiger charge is 2.42. The van der Waals surface area contributed by atoms with Gasteiger partial charge in [0.15, 0.2) is 0 Å². The average Bonchev–Trinajstić information content (AvgIpc) is 2.76. The summed E-state index contributed by atoms with van der Waals surface area (Å²) in [5.41, 5.74) is 1.83. The number of para-hydroxylation sites is 1. The predicted molar refractivity (Wildman–Crippen MR) is 121 cm³/mol. The Kier molecular flexibility index (Phi) is 7.75. The molecule has 1 atom stereocenters. The molecule has 0 radical (unpaired) electrons. The summed E-state index contributed by atoms with van der Waals surface area (Å²) in [6.07, 6.45) is 6.05. The highest BCUT2D eigenvalue weighted by Crippen LogP contribution is 2.38. The van der Waals surface area contributed by atoms with Crippen LogP contribution in [0.3, 0.4) is 0 Å². The molecule has 0 aliphatic carbocycles. The lowest BCUT2D eigenvalue weighted by atomic mass is 9.93. The number of methoxy groups -OCH3 is 1. The maximum absolute atomic E-state index is 13.3. The number of hydrogen-bond acceptors (Lipinski definition) is 4. The summed E-state index contributed by atoms with van der Waals surface area (Å²) in [6, 6.07) is 15.7.